The van der Waals surface area contributed by atoms with Crippen LogP contribution < -0.4 is 10.6 Å². The van der Waals surface area contributed by atoms with E-state index in [0.717, 1.165) is 24.5 Å². The second-order valence-electron chi connectivity index (χ2n) is 4.61. The second kappa shape index (κ2) is 5.69. The van der Waals surface area contributed by atoms with Crippen molar-refractivity contribution >= 4 is 17.7 Å². The number of anilines is 1. The fourth-order valence-corrected chi connectivity index (χ4v) is 1.74. The van der Waals surface area contributed by atoms with Gasteiger partial charge in [-0.2, -0.15) is 0 Å². The Morgan fingerprint density at radius 2 is 2.11 bits per heavy atom. The molecular formula is C13H15FN2O3. The molecule has 2 amide bonds. The van der Waals surface area contributed by atoms with Gasteiger partial charge in [-0.15, -0.1) is 0 Å². The van der Waals surface area contributed by atoms with Crippen molar-refractivity contribution in [2.45, 2.75) is 19.3 Å². The number of hydrogen-bond donors (Lipinski definition) is 3. The zero-order chi connectivity index (χ0) is 13.8. The molecule has 1 aromatic rings. The highest BCUT2D eigenvalue weighted by molar-refractivity contribution is 5.93. The zero-order valence-corrected chi connectivity index (χ0v) is 10.3. The van der Waals surface area contributed by atoms with Gasteiger partial charge in [0.15, 0.2) is 0 Å². The zero-order valence-electron chi connectivity index (χ0n) is 10.3. The Bertz CT molecular complexity index is 501. The van der Waals surface area contributed by atoms with Crippen molar-refractivity contribution in [1.29, 1.82) is 0 Å². The maximum atomic E-state index is 13.1. The van der Waals surface area contributed by atoms with Crippen LogP contribution in [0, 0.1) is 11.7 Å². The lowest BCUT2D eigenvalue weighted by atomic mass is 10.2. The lowest BCUT2D eigenvalue weighted by molar-refractivity contribution is 0.0692. The Kier molecular flexibility index (Phi) is 3.99. The highest BCUT2D eigenvalue weighted by Gasteiger charge is 2.20. The number of benzene rings is 1. The van der Waals surface area contributed by atoms with Gasteiger partial charge in [0.05, 0.1) is 5.56 Å². The van der Waals surface area contributed by atoms with Crippen molar-refractivity contribution in [3.63, 3.8) is 0 Å². The van der Waals surface area contributed by atoms with Gasteiger partial charge < -0.3 is 15.7 Å². The number of nitrogens with one attached hydrogen (secondary N) is 2. The van der Waals surface area contributed by atoms with Gasteiger partial charge in [0.2, 0.25) is 0 Å². The van der Waals surface area contributed by atoms with Crippen molar-refractivity contribution in [1.82, 2.24) is 5.32 Å². The van der Waals surface area contributed by atoms with Crippen LogP contribution in [0.4, 0.5) is 14.9 Å². The molecule has 0 atom stereocenters. The first-order valence-corrected chi connectivity index (χ1v) is 6.14. The molecule has 0 spiro atoms. The fourth-order valence-electron chi connectivity index (χ4n) is 1.74. The van der Waals surface area contributed by atoms with Crippen LogP contribution in [0.15, 0.2) is 18.2 Å². The van der Waals surface area contributed by atoms with Crippen LogP contribution in [0.2, 0.25) is 0 Å². The molecule has 1 fully saturated rings. The largest absolute Gasteiger partial charge is 0.478 e. The average Bonchev–Trinajstić information content (AvgIpc) is 3.15. The van der Waals surface area contributed by atoms with Gasteiger partial charge in [-0.1, -0.05) is 12.8 Å². The minimum absolute atomic E-state index is 0.253. The number of carbonyl (C=O) groups excluding carboxylic acids is 1. The van der Waals surface area contributed by atoms with Gasteiger partial charge >= 0.3 is 12.0 Å². The van der Waals surface area contributed by atoms with Crippen molar-refractivity contribution in [3.8, 4) is 0 Å². The fraction of sp³-hybridized carbons (Fsp3) is 0.385. The number of hydrogen-bond acceptors (Lipinski definition) is 2. The van der Waals surface area contributed by atoms with Crippen molar-refractivity contribution in [2.75, 3.05) is 11.9 Å². The molecule has 3 N–H and O–H groups in total. The standard InChI is InChI=1S/C13H15FN2O3/c14-11-4-3-9(7-10(11)12(17)18)16-13(19)15-6-5-8-1-2-8/h3-4,7-8H,1-2,5-6H2,(H,17,18)(H2,15,16,19). The number of rotatable bonds is 5. The Morgan fingerprint density at radius 3 is 2.74 bits per heavy atom. The lowest BCUT2D eigenvalue weighted by Gasteiger charge is -2.08. The summed E-state index contributed by atoms with van der Waals surface area (Å²) >= 11 is 0. The van der Waals surface area contributed by atoms with E-state index in [9.17, 15) is 14.0 Å². The van der Waals surface area contributed by atoms with E-state index in [-0.39, 0.29) is 5.69 Å². The third kappa shape index (κ3) is 3.94. The van der Waals surface area contributed by atoms with Crippen LogP contribution in [0.3, 0.4) is 0 Å². The summed E-state index contributed by atoms with van der Waals surface area (Å²) in [4.78, 5) is 22.3. The molecule has 0 saturated heterocycles. The minimum Gasteiger partial charge on any atom is -0.478 e. The normalized spacial score (nSPS) is 13.9. The smallest absolute Gasteiger partial charge is 0.338 e. The number of carboxylic acid groups (broad SMARTS) is 1. The number of halogens is 1. The number of amides is 2. The van der Waals surface area contributed by atoms with E-state index in [2.05, 4.69) is 10.6 Å². The molecule has 0 aromatic heterocycles. The number of aromatic carboxylic acids is 1. The molecule has 102 valence electrons. The highest BCUT2D eigenvalue weighted by atomic mass is 19.1. The molecule has 0 aliphatic heterocycles. The summed E-state index contributed by atoms with van der Waals surface area (Å²) in [5.74, 6) is -1.47. The molecule has 1 saturated carbocycles. The minimum atomic E-state index is -1.37. The van der Waals surface area contributed by atoms with Crippen LogP contribution in [0.1, 0.15) is 29.6 Å². The average molecular weight is 266 g/mol. The lowest BCUT2D eigenvalue weighted by Crippen LogP contribution is -2.29. The third-order valence-corrected chi connectivity index (χ3v) is 2.99. The Hall–Kier alpha value is -2.11. The number of urea groups is 1. The number of carbonyl (C=O) groups is 2. The van der Waals surface area contributed by atoms with Crippen LogP contribution in [-0.4, -0.2) is 23.7 Å². The number of carboxylic acids is 1. The van der Waals surface area contributed by atoms with Crippen LogP contribution in [0.5, 0.6) is 0 Å². The first kappa shape index (κ1) is 13.3. The summed E-state index contributed by atoms with van der Waals surface area (Å²) in [5, 5.41) is 13.9. The predicted octanol–water partition coefficient (Wildman–Crippen LogP) is 2.45. The van der Waals surface area contributed by atoms with Gasteiger partial charge in [0.25, 0.3) is 0 Å². The van der Waals surface area contributed by atoms with Gasteiger partial charge in [-0.05, 0) is 30.5 Å². The molecule has 1 aliphatic carbocycles. The Labute approximate surface area is 109 Å². The second-order valence-corrected chi connectivity index (χ2v) is 4.61. The van der Waals surface area contributed by atoms with Crippen LogP contribution in [0.25, 0.3) is 0 Å². The highest BCUT2D eigenvalue weighted by Crippen LogP contribution is 2.31. The SMILES string of the molecule is O=C(NCCC1CC1)Nc1ccc(F)c(C(=O)O)c1. The summed E-state index contributed by atoms with van der Waals surface area (Å²) in [6.45, 7) is 0.587. The molecule has 2 rings (SSSR count). The summed E-state index contributed by atoms with van der Waals surface area (Å²) in [6.07, 6.45) is 3.41. The topological polar surface area (TPSA) is 78.4 Å². The van der Waals surface area contributed by atoms with Crippen molar-refractivity contribution in [2.24, 2.45) is 5.92 Å². The van der Waals surface area contributed by atoms with E-state index in [1.807, 2.05) is 0 Å². The predicted molar refractivity (Wildman–Crippen MR) is 67.7 cm³/mol. The Balaban J connectivity index is 1.88. The molecular weight excluding hydrogens is 251 g/mol. The monoisotopic (exact) mass is 266 g/mol. The maximum absolute atomic E-state index is 13.1. The van der Waals surface area contributed by atoms with Crippen LogP contribution >= 0.6 is 0 Å². The quantitative estimate of drug-likeness (QED) is 0.766. The summed E-state index contributed by atoms with van der Waals surface area (Å²) in [6, 6.07) is 3.02. The Morgan fingerprint density at radius 1 is 1.37 bits per heavy atom. The van der Waals surface area contributed by atoms with E-state index < -0.39 is 23.4 Å². The molecule has 0 unspecified atom stereocenters. The van der Waals surface area contributed by atoms with E-state index in [0.29, 0.717) is 6.54 Å². The molecule has 0 heterocycles. The molecule has 0 bridgehead atoms. The van der Waals surface area contributed by atoms with E-state index in [1.54, 1.807) is 0 Å². The molecule has 0 radical (unpaired) electrons. The van der Waals surface area contributed by atoms with Crippen molar-refractivity contribution in [3.05, 3.63) is 29.6 Å². The summed E-state index contributed by atoms with van der Waals surface area (Å²) in [5.41, 5.74) is -0.210. The summed E-state index contributed by atoms with van der Waals surface area (Å²) in [7, 11) is 0. The maximum Gasteiger partial charge on any atom is 0.338 e. The first-order chi connectivity index (χ1) is 9.06. The molecule has 5 nitrogen and oxygen atoms in total. The van der Waals surface area contributed by atoms with Crippen molar-refractivity contribution < 1.29 is 19.1 Å². The van der Waals surface area contributed by atoms with Gasteiger partial charge in [-0.3, -0.25) is 0 Å². The van der Waals surface area contributed by atoms with E-state index in [4.69, 9.17) is 5.11 Å². The third-order valence-electron chi connectivity index (χ3n) is 2.99. The molecule has 1 aromatic carbocycles. The van der Waals surface area contributed by atoms with Gasteiger partial charge in [0.1, 0.15) is 5.82 Å². The van der Waals surface area contributed by atoms with Gasteiger partial charge in [-0.25, -0.2) is 14.0 Å². The molecule has 6 heteroatoms. The molecule has 19 heavy (non-hydrogen) atoms. The summed E-state index contributed by atoms with van der Waals surface area (Å²) < 4.78 is 13.1. The first-order valence-electron chi connectivity index (χ1n) is 6.14. The van der Waals surface area contributed by atoms with Crippen LogP contribution in [-0.2, 0) is 0 Å². The van der Waals surface area contributed by atoms with E-state index >= 15 is 0 Å². The van der Waals surface area contributed by atoms with E-state index in [1.165, 1.54) is 18.9 Å². The van der Waals surface area contributed by atoms with Gasteiger partial charge in [0, 0.05) is 12.2 Å². The molecule has 1 aliphatic rings.